The maximum Gasteiger partial charge on any atom is 0.258 e. The first kappa shape index (κ1) is 13.9. The van der Waals surface area contributed by atoms with Gasteiger partial charge in [0.05, 0.1) is 12.8 Å². The van der Waals surface area contributed by atoms with Crippen molar-refractivity contribution in [1.29, 1.82) is 0 Å². The van der Waals surface area contributed by atoms with E-state index in [1.165, 1.54) is 0 Å². The summed E-state index contributed by atoms with van der Waals surface area (Å²) in [6.07, 6.45) is 2.25. The predicted molar refractivity (Wildman–Crippen MR) is 77.8 cm³/mol. The third-order valence-corrected chi connectivity index (χ3v) is 3.57. The van der Waals surface area contributed by atoms with Gasteiger partial charge in [-0.3, -0.25) is 0 Å². The van der Waals surface area contributed by atoms with E-state index in [1.807, 2.05) is 13.0 Å². The molecule has 1 heterocycles. The first-order valence-corrected chi connectivity index (χ1v) is 7.12. The van der Waals surface area contributed by atoms with E-state index in [0.717, 1.165) is 18.4 Å². The van der Waals surface area contributed by atoms with Crippen LogP contribution in [-0.4, -0.2) is 23.9 Å². The van der Waals surface area contributed by atoms with Gasteiger partial charge in [0.1, 0.15) is 11.9 Å². The van der Waals surface area contributed by atoms with Crippen LogP contribution >= 0.6 is 0 Å². The Kier molecular flexibility index (Phi) is 3.79. The van der Waals surface area contributed by atoms with Crippen LogP contribution in [0.5, 0.6) is 5.75 Å². The first-order valence-electron chi connectivity index (χ1n) is 7.12. The highest BCUT2D eigenvalue weighted by atomic mass is 16.5. The quantitative estimate of drug-likeness (QED) is 0.823. The number of nitrogens with zero attached hydrogens (tertiary/aromatic N) is 2. The number of anilines is 1. The van der Waals surface area contributed by atoms with Crippen molar-refractivity contribution < 1.29 is 14.0 Å². The molecule has 6 nitrogen and oxygen atoms in total. The van der Waals surface area contributed by atoms with Gasteiger partial charge in [0, 0.05) is 12.2 Å². The highest BCUT2D eigenvalue weighted by molar-refractivity contribution is 5.65. The van der Waals surface area contributed by atoms with E-state index in [4.69, 9.17) is 19.7 Å². The van der Waals surface area contributed by atoms with E-state index in [-0.39, 0.29) is 6.10 Å². The summed E-state index contributed by atoms with van der Waals surface area (Å²) in [6, 6.07) is 5.40. The van der Waals surface area contributed by atoms with Gasteiger partial charge in [0.25, 0.3) is 5.89 Å². The molecule has 1 aliphatic rings. The van der Waals surface area contributed by atoms with Crippen molar-refractivity contribution in [3.8, 4) is 17.2 Å². The van der Waals surface area contributed by atoms with Crippen LogP contribution in [0, 0.1) is 5.92 Å². The number of hydrogen-bond donors (Lipinski definition) is 1. The Balaban J connectivity index is 1.85. The van der Waals surface area contributed by atoms with Crippen LogP contribution < -0.4 is 10.5 Å². The van der Waals surface area contributed by atoms with Crippen LogP contribution in [0.15, 0.2) is 22.7 Å². The number of nitrogen functional groups attached to an aromatic ring is 1. The lowest BCUT2D eigenvalue weighted by atomic mass is 10.2. The molecule has 0 amide bonds. The number of rotatable bonds is 6. The molecule has 1 aromatic heterocycles. The maximum atomic E-state index is 5.90. The smallest absolute Gasteiger partial charge is 0.258 e. The molecule has 0 bridgehead atoms. The van der Waals surface area contributed by atoms with E-state index in [0.29, 0.717) is 35.7 Å². The molecule has 1 aromatic carbocycles. The second kappa shape index (κ2) is 5.73. The van der Waals surface area contributed by atoms with Gasteiger partial charge in [-0.25, -0.2) is 0 Å². The number of benzene rings is 1. The van der Waals surface area contributed by atoms with E-state index < -0.39 is 0 Å². The van der Waals surface area contributed by atoms with Crippen LogP contribution in [0.3, 0.4) is 0 Å². The van der Waals surface area contributed by atoms with E-state index in [2.05, 4.69) is 10.1 Å². The SMILES string of the molecule is CCOC(c1noc(-c2ccc(OC)c(N)c2)n1)C1CC1. The zero-order valence-electron chi connectivity index (χ0n) is 12.2. The van der Waals surface area contributed by atoms with E-state index in [9.17, 15) is 0 Å². The molecule has 1 aliphatic carbocycles. The molecule has 6 heteroatoms. The predicted octanol–water partition coefficient (Wildman–Crippen LogP) is 2.82. The summed E-state index contributed by atoms with van der Waals surface area (Å²) in [5, 5.41) is 4.06. The van der Waals surface area contributed by atoms with Crippen LogP contribution in [0.25, 0.3) is 11.5 Å². The average Bonchev–Trinajstić information content (AvgIpc) is 3.21. The summed E-state index contributed by atoms with van der Waals surface area (Å²) >= 11 is 0. The van der Waals surface area contributed by atoms with Crippen molar-refractivity contribution in [1.82, 2.24) is 10.1 Å². The Morgan fingerprint density at radius 2 is 2.24 bits per heavy atom. The lowest BCUT2D eigenvalue weighted by Crippen LogP contribution is -2.08. The second-order valence-electron chi connectivity index (χ2n) is 5.13. The third kappa shape index (κ3) is 2.85. The summed E-state index contributed by atoms with van der Waals surface area (Å²) in [5.41, 5.74) is 7.22. The molecule has 3 rings (SSSR count). The van der Waals surface area contributed by atoms with Crippen molar-refractivity contribution in [2.24, 2.45) is 5.92 Å². The van der Waals surface area contributed by atoms with Gasteiger partial charge in [0.2, 0.25) is 5.82 Å². The molecule has 1 saturated carbocycles. The molecular weight excluding hydrogens is 270 g/mol. The maximum absolute atomic E-state index is 5.90. The highest BCUT2D eigenvalue weighted by Gasteiger charge is 2.36. The fourth-order valence-electron chi connectivity index (χ4n) is 2.34. The third-order valence-electron chi connectivity index (χ3n) is 3.57. The summed E-state index contributed by atoms with van der Waals surface area (Å²) in [5.74, 6) is 2.20. The fraction of sp³-hybridized carbons (Fsp3) is 0.467. The molecule has 2 aromatic rings. The largest absolute Gasteiger partial charge is 0.495 e. The van der Waals surface area contributed by atoms with E-state index >= 15 is 0 Å². The van der Waals surface area contributed by atoms with Crippen molar-refractivity contribution in [2.75, 3.05) is 19.5 Å². The Labute approximate surface area is 123 Å². The first-order chi connectivity index (χ1) is 10.2. The lowest BCUT2D eigenvalue weighted by molar-refractivity contribution is 0.0385. The summed E-state index contributed by atoms with van der Waals surface area (Å²) < 4.78 is 16.2. The summed E-state index contributed by atoms with van der Waals surface area (Å²) in [4.78, 5) is 4.46. The molecule has 1 fully saturated rings. The summed E-state index contributed by atoms with van der Waals surface area (Å²) in [7, 11) is 1.58. The average molecular weight is 289 g/mol. The van der Waals surface area contributed by atoms with Crippen molar-refractivity contribution in [3.05, 3.63) is 24.0 Å². The van der Waals surface area contributed by atoms with E-state index in [1.54, 1.807) is 19.2 Å². The zero-order chi connectivity index (χ0) is 14.8. The number of ether oxygens (including phenoxy) is 2. The highest BCUT2D eigenvalue weighted by Crippen LogP contribution is 2.42. The monoisotopic (exact) mass is 289 g/mol. The number of hydrogen-bond acceptors (Lipinski definition) is 6. The minimum absolute atomic E-state index is 0.0666. The van der Waals surface area contributed by atoms with Gasteiger partial charge in [-0.2, -0.15) is 4.98 Å². The van der Waals surface area contributed by atoms with Crippen LogP contribution in [0.2, 0.25) is 0 Å². The standard InChI is InChI=1S/C15H19N3O3/c1-3-20-13(9-4-5-9)14-17-15(21-18-14)10-6-7-12(19-2)11(16)8-10/h6-9,13H,3-5,16H2,1-2H3. The number of nitrogens with two attached hydrogens (primary N) is 1. The van der Waals surface area contributed by atoms with Crippen LogP contribution in [0.4, 0.5) is 5.69 Å². The number of aromatic nitrogens is 2. The summed E-state index contributed by atoms with van der Waals surface area (Å²) in [6.45, 7) is 2.61. The molecule has 0 aliphatic heterocycles. The molecule has 1 atom stereocenters. The minimum Gasteiger partial charge on any atom is -0.495 e. The molecule has 21 heavy (non-hydrogen) atoms. The molecule has 2 N–H and O–H groups in total. The van der Waals surface area contributed by atoms with Gasteiger partial charge in [-0.1, -0.05) is 5.16 Å². The second-order valence-corrected chi connectivity index (χ2v) is 5.13. The van der Waals surface area contributed by atoms with Crippen molar-refractivity contribution >= 4 is 5.69 Å². The fourth-order valence-corrected chi connectivity index (χ4v) is 2.34. The molecule has 112 valence electrons. The molecule has 0 saturated heterocycles. The Bertz CT molecular complexity index is 622. The number of methoxy groups -OCH3 is 1. The van der Waals surface area contributed by atoms with Gasteiger partial charge >= 0.3 is 0 Å². The normalized spacial score (nSPS) is 15.9. The zero-order valence-corrected chi connectivity index (χ0v) is 12.2. The molecule has 0 radical (unpaired) electrons. The van der Waals surface area contributed by atoms with Gasteiger partial charge in [-0.15, -0.1) is 0 Å². The Morgan fingerprint density at radius 1 is 1.43 bits per heavy atom. The van der Waals surface area contributed by atoms with Gasteiger partial charge in [0.15, 0.2) is 0 Å². The minimum atomic E-state index is -0.0666. The van der Waals surface area contributed by atoms with Crippen molar-refractivity contribution in [3.63, 3.8) is 0 Å². The molecular formula is C15H19N3O3. The Hall–Kier alpha value is -2.08. The topological polar surface area (TPSA) is 83.4 Å². The van der Waals surface area contributed by atoms with Gasteiger partial charge < -0.3 is 19.7 Å². The Morgan fingerprint density at radius 3 is 2.86 bits per heavy atom. The van der Waals surface area contributed by atoms with Crippen LogP contribution in [-0.2, 0) is 4.74 Å². The lowest BCUT2D eigenvalue weighted by Gasteiger charge is -2.11. The molecule has 0 spiro atoms. The van der Waals surface area contributed by atoms with Gasteiger partial charge in [-0.05, 0) is 43.9 Å². The van der Waals surface area contributed by atoms with Crippen molar-refractivity contribution in [2.45, 2.75) is 25.9 Å². The molecule has 1 unspecified atom stereocenters. The van der Waals surface area contributed by atoms with Crippen LogP contribution in [0.1, 0.15) is 31.7 Å².